The number of hydrogen-bond acceptors (Lipinski definition) is 6. The fraction of sp³-hybridized carbons (Fsp3) is 0.538. The molecule has 2 N–H and O–H groups in total. The van der Waals surface area contributed by atoms with Crippen LogP contribution in [-0.2, 0) is 9.53 Å². The maximum absolute atomic E-state index is 12.3. The average Bonchev–Trinajstić information content (AvgIpc) is 2.85. The molecule has 2 amide bonds. The van der Waals surface area contributed by atoms with Gasteiger partial charge in [-0.25, -0.2) is 9.78 Å². The lowest BCUT2D eigenvalue weighted by atomic mass is 10.2. The van der Waals surface area contributed by atoms with Crippen LogP contribution in [-0.4, -0.2) is 47.4 Å². The van der Waals surface area contributed by atoms with Crippen molar-refractivity contribution in [2.45, 2.75) is 20.8 Å². The molecule has 8 heteroatoms. The van der Waals surface area contributed by atoms with Crippen molar-refractivity contribution in [2.75, 3.05) is 19.7 Å². The molecule has 0 saturated heterocycles. The van der Waals surface area contributed by atoms with E-state index in [0.717, 1.165) is 11.3 Å². The van der Waals surface area contributed by atoms with Gasteiger partial charge in [-0.05, 0) is 12.8 Å². The molecule has 0 fully saturated rings. The fourth-order valence-corrected chi connectivity index (χ4v) is 2.35. The number of nitrogens with two attached hydrogens (primary N) is 1. The van der Waals surface area contributed by atoms with Crippen LogP contribution < -0.4 is 5.73 Å². The van der Waals surface area contributed by atoms with Gasteiger partial charge in [-0.1, -0.05) is 13.8 Å². The number of carbonyl (C=O) groups excluding carboxylic acids is 3. The minimum atomic E-state index is -0.593. The number of aromatic nitrogens is 1. The van der Waals surface area contributed by atoms with Crippen molar-refractivity contribution in [2.24, 2.45) is 11.7 Å². The second kappa shape index (κ2) is 7.72. The highest BCUT2D eigenvalue weighted by Crippen LogP contribution is 2.14. The van der Waals surface area contributed by atoms with Crippen molar-refractivity contribution in [1.82, 2.24) is 9.88 Å². The molecule has 0 radical (unpaired) electrons. The highest BCUT2D eigenvalue weighted by Gasteiger charge is 2.23. The van der Waals surface area contributed by atoms with Crippen molar-refractivity contribution < 1.29 is 19.1 Å². The zero-order valence-corrected chi connectivity index (χ0v) is 13.1. The summed E-state index contributed by atoms with van der Waals surface area (Å²) in [5.74, 6) is -1.40. The number of carbonyl (C=O) groups is 3. The van der Waals surface area contributed by atoms with Gasteiger partial charge in [-0.3, -0.25) is 9.59 Å². The summed E-state index contributed by atoms with van der Waals surface area (Å²) < 4.78 is 4.82. The molecule has 1 aromatic rings. The first-order chi connectivity index (χ1) is 9.85. The van der Waals surface area contributed by atoms with Gasteiger partial charge in [0.05, 0.1) is 13.2 Å². The van der Waals surface area contributed by atoms with Crippen LogP contribution in [0.15, 0.2) is 5.38 Å². The van der Waals surface area contributed by atoms with E-state index in [1.54, 1.807) is 6.92 Å². The maximum Gasteiger partial charge on any atom is 0.367 e. The maximum atomic E-state index is 12.3. The zero-order chi connectivity index (χ0) is 16.0. The second-order valence-corrected chi connectivity index (χ2v) is 5.66. The van der Waals surface area contributed by atoms with E-state index in [1.165, 1.54) is 10.3 Å². The number of ether oxygens (including phenoxy) is 1. The molecule has 0 aliphatic carbocycles. The Bertz CT molecular complexity index is 527. The third-order valence-electron chi connectivity index (χ3n) is 2.39. The van der Waals surface area contributed by atoms with Gasteiger partial charge >= 0.3 is 5.97 Å². The Kier molecular flexibility index (Phi) is 6.29. The number of rotatable bonds is 7. The Morgan fingerprint density at radius 2 is 2.10 bits per heavy atom. The number of primary amides is 1. The Labute approximate surface area is 127 Å². The quantitative estimate of drug-likeness (QED) is 0.753. The molecule has 1 rings (SSSR count). The highest BCUT2D eigenvalue weighted by molar-refractivity contribution is 7.11. The molecule has 116 valence electrons. The molecular weight excluding hydrogens is 294 g/mol. The topological polar surface area (TPSA) is 103 Å². The first kappa shape index (κ1) is 17.1. The first-order valence-corrected chi connectivity index (χ1v) is 7.43. The number of hydrogen-bond donors (Lipinski definition) is 1. The van der Waals surface area contributed by atoms with Crippen molar-refractivity contribution >= 4 is 29.1 Å². The monoisotopic (exact) mass is 313 g/mol. The Morgan fingerprint density at radius 3 is 2.62 bits per heavy atom. The molecule has 0 saturated carbocycles. The summed E-state index contributed by atoms with van der Waals surface area (Å²) >= 11 is 1.03. The molecule has 0 aliphatic heterocycles. The van der Waals surface area contributed by atoms with Crippen molar-refractivity contribution in [3.05, 3.63) is 16.1 Å². The molecule has 0 atom stereocenters. The van der Waals surface area contributed by atoms with Crippen LogP contribution >= 0.6 is 11.3 Å². The molecule has 1 aromatic heterocycles. The number of thiazole rings is 1. The molecular formula is C13H19N3O4S. The number of amides is 2. The van der Waals surface area contributed by atoms with Gasteiger partial charge < -0.3 is 15.4 Å². The Morgan fingerprint density at radius 1 is 1.43 bits per heavy atom. The zero-order valence-electron chi connectivity index (χ0n) is 12.3. The van der Waals surface area contributed by atoms with Crippen LogP contribution in [0.1, 0.15) is 41.1 Å². The van der Waals surface area contributed by atoms with Gasteiger partial charge in [0.25, 0.3) is 5.91 Å². The molecule has 0 bridgehead atoms. The van der Waals surface area contributed by atoms with Gasteiger partial charge in [-0.15, -0.1) is 11.3 Å². The summed E-state index contributed by atoms with van der Waals surface area (Å²) in [6, 6.07) is 0. The van der Waals surface area contributed by atoms with E-state index < -0.39 is 17.8 Å². The molecule has 0 aliphatic rings. The van der Waals surface area contributed by atoms with Gasteiger partial charge in [0.15, 0.2) is 0 Å². The fourth-order valence-electron chi connectivity index (χ4n) is 1.67. The smallest absolute Gasteiger partial charge is 0.367 e. The SMILES string of the molecule is CCOC(=O)c1nc(C(=O)N(CC(N)=O)CC(C)C)cs1. The van der Waals surface area contributed by atoms with Crippen molar-refractivity contribution in [1.29, 1.82) is 0 Å². The Hall–Kier alpha value is -1.96. The van der Waals surface area contributed by atoms with E-state index >= 15 is 0 Å². The third-order valence-corrected chi connectivity index (χ3v) is 3.22. The normalized spacial score (nSPS) is 10.5. The summed E-state index contributed by atoms with van der Waals surface area (Å²) in [4.78, 5) is 40.2. The van der Waals surface area contributed by atoms with Crippen LogP contribution in [0, 0.1) is 5.92 Å². The summed E-state index contributed by atoms with van der Waals surface area (Å²) in [5.41, 5.74) is 5.27. The van der Waals surface area contributed by atoms with E-state index in [9.17, 15) is 14.4 Å². The van der Waals surface area contributed by atoms with Gasteiger partial charge in [-0.2, -0.15) is 0 Å². The molecule has 21 heavy (non-hydrogen) atoms. The van der Waals surface area contributed by atoms with Crippen LogP contribution in [0.25, 0.3) is 0 Å². The van der Waals surface area contributed by atoms with Crippen molar-refractivity contribution in [3.63, 3.8) is 0 Å². The van der Waals surface area contributed by atoms with E-state index in [1.807, 2.05) is 13.8 Å². The summed E-state index contributed by atoms with van der Waals surface area (Å²) in [7, 11) is 0. The minimum absolute atomic E-state index is 0.115. The largest absolute Gasteiger partial charge is 0.461 e. The number of nitrogens with zero attached hydrogens (tertiary/aromatic N) is 2. The van der Waals surface area contributed by atoms with Crippen LogP contribution in [0.3, 0.4) is 0 Å². The third kappa shape index (κ3) is 5.14. The molecule has 0 spiro atoms. The van der Waals surface area contributed by atoms with E-state index in [2.05, 4.69) is 4.98 Å². The van der Waals surface area contributed by atoms with E-state index in [0.29, 0.717) is 6.54 Å². The lowest BCUT2D eigenvalue weighted by molar-refractivity contribution is -0.118. The highest BCUT2D eigenvalue weighted by atomic mass is 32.1. The predicted molar refractivity (Wildman–Crippen MR) is 78.0 cm³/mol. The van der Waals surface area contributed by atoms with E-state index in [-0.39, 0.29) is 29.8 Å². The first-order valence-electron chi connectivity index (χ1n) is 6.55. The van der Waals surface area contributed by atoms with Gasteiger partial charge in [0.2, 0.25) is 10.9 Å². The standard InChI is InChI=1S/C13H19N3O4S/c1-4-20-13(19)11-15-9(7-21-11)12(18)16(5-8(2)3)6-10(14)17/h7-8H,4-6H2,1-3H3,(H2,14,17). The number of esters is 1. The lowest BCUT2D eigenvalue weighted by Gasteiger charge is -2.22. The van der Waals surface area contributed by atoms with Crippen molar-refractivity contribution in [3.8, 4) is 0 Å². The van der Waals surface area contributed by atoms with Crippen LogP contribution in [0.4, 0.5) is 0 Å². The van der Waals surface area contributed by atoms with Gasteiger partial charge in [0, 0.05) is 11.9 Å². The average molecular weight is 313 g/mol. The van der Waals surface area contributed by atoms with Gasteiger partial charge in [0.1, 0.15) is 5.69 Å². The predicted octanol–water partition coefficient (Wildman–Crippen LogP) is 0.903. The Balaban J connectivity index is 2.88. The molecule has 7 nitrogen and oxygen atoms in total. The minimum Gasteiger partial charge on any atom is -0.461 e. The van der Waals surface area contributed by atoms with E-state index in [4.69, 9.17) is 10.5 Å². The summed E-state index contributed by atoms with van der Waals surface area (Å²) in [5, 5.41) is 1.59. The van der Waals surface area contributed by atoms with Crippen LogP contribution in [0.2, 0.25) is 0 Å². The summed E-state index contributed by atoms with van der Waals surface area (Å²) in [6.07, 6.45) is 0. The second-order valence-electron chi connectivity index (χ2n) is 4.80. The van der Waals surface area contributed by atoms with Crippen LogP contribution in [0.5, 0.6) is 0 Å². The molecule has 0 aromatic carbocycles. The lowest BCUT2D eigenvalue weighted by Crippen LogP contribution is -2.40. The summed E-state index contributed by atoms with van der Waals surface area (Å²) in [6.45, 7) is 5.98. The molecule has 0 unspecified atom stereocenters. The molecule has 1 heterocycles.